The van der Waals surface area contributed by atoms with Gasteiger partial charge in [0.15, 0.2) is 22.8 Å². The Labute approximate surface area is 227 Å². The molecule has 1 saturated heterocycles. The van der Waals surface area contributed by atoms with Gasteiger partial charge in [-0.2, -0.15) is 0 Å². The number of carbonyl (C=O) groups is 4. The standard InChI is InChI=1S/C29H37FO7S/c1-5-24(34)37-29(23(33)15-38-21-9-11-36-25(21)35)16(2)12-20-19-7-6-17-13-18(31)8-10-26(17,3)28(19,30)22(32)14-27(20,29)4/h8,10,13,16,19-22,32H,5-7,9,11-12,14-15H2,1-4H3/t16-,19-,20-,21?,22-,26-,27-,28-,29-/m0/s1. The van der Waals surface area contributed by atoms with Crippen LogP contribution in [-0.4, -0.2) is 63.6 Å². The molecule has 0 aromatic heterocycles. The van der Waals surface area contributed by atoms with E-state index in [9.17, 15) is 24.3 Å². The van der Waals surface area contributed by atoms with E-state index in [2.05, 4.69) is 0 Å². The Bertz CT molecular complexity index is 1130. The Hall–Kier alpha value is -2.00. The molecule has 38 heavy (non-hydrogen) atoms. The molecule has 208 valence electrons. The van der Waals surface area contributed by atoms with Crippen LogP contribution in [0.15, 0.2) is 23.8 Å². The Morgan fingerprint density at radius 1 is 1.24 bits per heavy atom. The lowest BCUT2D eigenvalue weighted by Crippen LogP contribution is -2.70. The van der Waals surface area contributed by atoms with Crippen LogP contribution in [0, 0.1) is 28.6 Å². The summed E-state index contributed by atoms with van der Waals surface area (Å²) in [6.45, 7) is 7.48. The number of hydrogen-bond donors (Lipinski definition) is 1. The first-order chi connectivity index (χ1) is 17.8. The van der Waals surface area contributed by atoms with Gasteiger partial charge in [-0.05, 0) is 50.7 Å². The van der Waals surface area contributed by atoms with Crippen molar-refractivity contribution in [3.63, 3.8) is 0 Å². The third-order valence-corrected chi connectivity index (χ3v) is 11.7. The average molecular weight is 549 g/mol. The number of ether oxygens (including phenoxy) is 2. The number of cyclic esters (lactones) is 1. The molecule has 0 radical (unpaired) electrons. The first kappa shape index (κ1) is 27.6. The van der Waals surface area contributed by atoms with E-state index in [4.69, 9.17) is 9.47 Å². The number of Topliss-reactive ketones (excluding diaryl/α,β-unsaturated/α-hetero) is 1. The molecule has 1 N–H and O–H groups in total. The molecule has 7 nitrogen and oxygen atoms in total. The average Bonchev–Trinajstić information content (AvgIpc) is 3.37. The van der Waals surface area contributed by atoms with Crippen LogP contribution in [0.25, 0.3) is 0 Å². The molecule has 0 aromatic carbocycles. The quantitative estimate of drug-likeness (QED) is 0.498. The second-order valence-electron chi connectivity index (χ2n) is 12.1. The van der Waals surface area contributed by atoms with Crippen molar-refractivity contribution in [3.05, 3.63) is 23.8 Å². The molecule has 0 amide bonds. The monoisotopic (exact) mass is 548 g/mol. The highest BCUT2D eigenvalue weighted by molar-refractivity contribution is 8.01. The molecule has 5 rings (SSSR count). The zero-order valence-corrected chi connectivity index (χ0v) is 23.3. The summed E-state index contributed by atoms with van der Waals surface area (Å²) in [5.74, 6) is -2.70. The fourth-order valence-electron chi connectivity index (χ4n) is 8.56. The molecule has 0 spiro atoms. The zero-order chi connectivity index (χ0) is 27.7. The predicted octanol–water partition coefficient (Wildman–Crippen LogP) is 3.91. The molecular formula is C29H37FO7S. The van der Waals surface area contributed by atoms with E-state index in [0.717, 1.165) is 0 Å². The van der Waals surface area contributed by atoms with Crippen molar-refractivity contribution in [1.82, 2.24) is 0 Å². The summed E-state index contributed by atoms with van der Waals surface area (Å²) < 4.78 is 28.6. The third-order valence-electron chi connectivity index (χ3n) is 10.5. The van der Waals surface area contributed by atoms with Crippen molar-refractivity contribution >= 4 is 35.3 Å². The minimum Gasteiger partial charge on any atom is -0.465 e. The molecule has 0 bridgehead atoms. The number of allylic oxidation sites excluding steroid dienone is 4. The largest absolute Gasteiger partial charge is 0.465 e. The van der Waals surface area contributed by atoms with Crippen molar-refractivity contribution in [2.24, 2.45) is 28.6 Å². The summed E-state index contributed by atoms with van der Waals surface area (Å²) in [5, 5.41) is 11.2. The number of aliphatic hydroxyl groups excluding tert-OH is 1. The molecule has 5 aliphatic rings. The summed E-state index contributed by atoms with van der Waals surface area (Å²) in [6.07, 6.45) is 5.00. The van der Waals surface area contributed by atoms with E-state index >= 15 is 4.39 Å². The maximum atomic E-state index is 17.5. The van der Waals surface area contributed by atoms with Gasteiger partial charge in [0.2, 0.25) is 0 Å². The number of alkyl halides is 1. The number of carbonyl (C=O) groups excluding carboxylic acids is 4. The second-order valence-corrected chi connectivity index (χ2v) is 13.3. The normalized spacial score (nSPS) is 45.5. The Balaban J connectivity index is 1.54. The molecule has 1 heterocycles. The zero-order valence-electron chi connectivity index (χ0n) is 22.5. The van der Waals surface area contributed by atoms with Crippen molar-refractivity contribution in [2.75, 3.05) is 12.4 Å². The molecule has 9 heteroatoms. The van der Waals surface area contributed by atoms with Crippen LogP contribution in [0.2, 0.25) is 0 Å². The summed E-state index contributed by atoms with van der Waals surface area (Å²) in [5.41, 5.74) is -5.03. The van der Waals surface area contributed by atoms with Crippen LogP contribution >= 0.6 is 11.8 Å². The van der Waals surface area contributed by atoms with Gasteiger partial charge in [-0.1, -0.05) is 32.4 Å². The fourth-order valence-corrected chi connectivity index (χ4v) is 9.60. The van der Waals surface area contributed by atoms with Crippen LogP contribution in [0.1, 0.15) is 66.2 Å². The second kappa shape index (κ2) is 9.29. The van der Waals surface area contributed by atoms with E-state index in [1.807, 2.05) is 13.8 Å². The van der Waals surface area contributed by atoms with Gasteiger partial charge in [-0.3, -0.25) is 19.2 Å². The van der Waals surface area contributed by atoms with Crippen LogP contribution in [0.3, 0.4) is 0 Å². The van der Waals surface area contributed by atoms with E-state index < -0.39 is 51.3 Å². The number of ketones is 2. The molecular weight excluding hydrogens is 511 g/mol. The Morgan fingerprint density at radius 2 is 1.97 bits per heavy atom. The van der Waals surface area contributed by atoms with E-state index in [0.29, 0.717) is 37.9 Å². The number of thioether (sulfide) groups is 1. The van der Waals surface area contributed by atoms with Gasteiger partial charge >= 0.3 is 11.9 Å². The molecule has 1 aliphatic heterocycles. The maximum absolute atomic E-state index is 17.5. The van der Waals surface area contributed by atoms with E-state index in [1.165, 1.54) is 23.9 Å². The third kappa shape index (κ3) is 3.56. The predicted molar refractivity (Wildman–Crippen MR) is 139 cm³/mol. The summed E-state index contributed by atoms with van der Waals surface area (Å²) in [4.78, 5) is 51.1. The minimum atomic E-state index is -2.03. The Morgan fingerprint density at radius 3 is 2.63 bits per heavy atom. The number of esters is 2. The number of aliphatic hydroxyl groups is 1. The molecule has 0 aromatic rings. The van der Waals surface area contributed by atoms with Crippen LogP contribution in [-0.2, 0) is 28.7 Å². The highest BCUT2D eigenvalue weighted by atomic mass is 32.2. The Kier molecular flexibility index (Phi) is 6.74. The van der Waals surface area contributed by atoms with Gasteiger partial charge in [-0.15, -0.1) is 11.8 Å². The van der Waals surface area contributed by atoms with E-state index in [1.54, 1.807) is 19.9 Å². The van der Waals surface area contributed by atoms with Gasteiger partial charge in [0, 0.05) is 35.5 Å². The van der Waals surface area contributed by atoms with Crippen molar-refractivity contribution in [1.29, 1.82) is 0 Å². The lowest BCUT2D eigenvalue weighted by Gasteiger charge is -2.62. The minimum absolute atomic E-state index is 0.0413. The van der Waals surface area contributed by atoms with Gasteiger partial charge < -0.3 is 14.6 Å². The van der Waals surface area contributed by atoms with Gasteiger partial charge in [-0.25, -0.2) is 4.39 Å². The van der Waals surface area contributed by atoms with Crippen LogP contribution in [0.4, 0.5) is 4.39 Å². The topological polar surface area (TPSA) is 107 Å². The van der Waals surface area contributed by atoms with Gasteiger partial charge in [0.1, 0.15) is 5.25 Å². The number of hydrogen-bond acceptors (Lipinski definition) is 8. The highest BCUT2D eigenvalue weighted by Gasteiger charge is 2.77. The highest BCUT2D eigenvalue weighted by Crippen LogP contribution is 2.71. The number of halogens is 1. The summed E-state index contributed by atoms with van der Waals surface area (Å²) >= 11 is 1.20. The number of fused-ring (bicyclic) bond motifs is 5. The number of rotatable bonds is 6. The lowest BCUT2D eigenvalue weighted by molar-refractivity contribution is -0.226. The molecule has 4 fully saturated rings. The smallest absolute Gasteiger partial charge is 0.319 e. The summed E-state index contributed by atoms with van der Waals surface area (Å²) in [6, 6.07) is 0. The molecule has 9 atom stereocenters. The van der Waals surface area contributed by atoms with Crippen LogP contribution in [0.5, 0.6) is 0 Å². The van der Waals surface area contributed by atoms with Gasteiger partial charge in [0.25, 0.3) is 0 Å². The fraction of sp³-hybridized carbons (Fsp3) is 0.724. The SMILES string of the molecule is CCC(=O)O[C@]1(C(=O)CSC2CCOC2=O)[C@@H](C)C[C@H]2[C@@H]3CCC4=CC(=O)C=C[C@]4(C)[C@@]3(F)[C@@H](O)C[C@@]21C. The lowest BCUT2D eigenvalue weighted by atomic mass is 9.44. The molecule has 1 unspecified atom stereocenters. The first-order valence-electron chi connectivity index (χ1n) is 13.7. The van der Waals surface area contributed by atoms with Crippen LogP contribution < -0.4 is 0 Å². The van der Waals surface area contributed by atoms with Gasteiger partial charge in [0.05, 0.1) is 18.5 Å². The molecule has 4 aliphatic carbocycles. The summed E-state index contributed by atoms with van der Waals surface area (Å²) in [7, 11) is 0. The maximum Gasteiger partial charge on any atom is 0.319 e. The first-order valence-corrected chi connectivity index (χ1v) is 14.7. The van der Waals surface area contributed by atoms with Crippen molar-refractivity contribution in [3.8, 4) is 0 Å². The van der Waals surface area contributed by atoms with E-state index in [-0.39, 0.29) is 42.0 Å². The molecule has 3 saturated carbocycles. The van der Waals surface area contributed by atoms with Crippen molar-refractivity contribution in [2.45, 2.75) is 88.8 Å². The van der Waals surface area contributed by atoms with Crippen molar-refractivity contribution < 1.29 is 38.1 Å².